The van der Waals surface area contributed by atoms with Gasteiger partial charge in [-0.05, 0) is 30.7 Å². The topological polar surface area (TPSA) is 58.6 Å². The molecule has 0 radical (unpaired) electrons. The van der Waals surface area contributed by atoms with Gasteiger partial charge in [0, 0.05) is 25.2 Å². The Morgan fingerprint density at radius 2 is 1.96 bits per heavy atom. The maximum absolute atomic E-state index is 13.2. The number of sulfonamides is 1. The average molecular weight is 346 g/mol. The highest BCUT2D eigenvalue weighted by atomic mass is 32.2. The maximum atomic E-state index is 13.2. The summed E-state index contributed by atoms with van der Waals surface area (Å²) in [5.41, 5.74) is 1.81. The van der Waals surface area contributed by atoms with E-state index in [-0.39, 0.29) is 6.04 Å². The van der Waals surface area contributed by atoms with Crippen LogP contribution in [-0.2, 0) is 10.0 Å². The lowest BCUT2D eigenvalue weighted by Gasteiger charge is -2.36. The highest BCUT2D eigenvalue weighted by Gasteiger charge is 2.35. The molecule has 3 rings (SSSR count). The number of ether oxygens (including phenoxy) is 1. The van der Waals surface area contributed by atoms with Crippen molar-refractivity contribution in [1.82, 2.24) is 9.62 Å². The number of piperazine rings is 1. The number of hydrogen-bond donors (Lipinski definition) is 1. The number of hydrogen-bond acceptors (Lipinski definition) is 4. The first kappa shape index (κ1) is 17.0. The fourth-order valence-corrected chi connectivity index (χ4v) is 4.80. The fourth-order valence-electron chi connectivity index (χ4n) is 3.09. The molecule has 6 heteroatoms. The van der Waals surface area contributed by atoms with E-state index in [9.17, 15) is 8.42 Å². The number of nitrogens with one attached hydrogen (secondary N) is 1. The second kappa shape index (κ2) is 6.93. The first-order valence-corrected chi connectivity index (χ1v) is 9.40. The van der Waals surface area contributed by atoms with E-state index in [1.54, 1.807) is 29.6 Å². The van der Waals surface area contributed by atoms with Crippen LogP contribution in [0.1, 0.15) is 17.2 Å². The number of nitrogens with zero attached hydrogens (tertiary/aromatic N) is 1. The summed E-state index contributed by atoms with van der Waals surface area (Å²) in [5, 5.41) is 3.29. The van der Waals surface area contributed by atoms with Crippen LogP contribution in [0.4, 0.5) is 0 Å². The first-order chi connectivity index (χ1) is 11.5. The summed E-state index contributed by atoms with van der Waals surface area (Å²) < 4.78 is 33.4. The summed E-state index contributed by atoms with van der Waals surface area (Å²) >= 11 is 0. The van der Waals surface area contributed by atoms with E-state index in [0.717, 1.165) is 11.1 Å². The van der Waals surface area contributed by atoms with Crippen LogP contribution in [0.2, 0.25) is 0 Å². The molecule has 1 aliphatic heterocycles. The van der Waals surface area contributed by atoms with Crippen molar-refractivity contribution >= 4 is 10.0 Å². The van der Waals surface area contributed by atoms with Gasteiger partial charge in [0.15, 0.2) is 0 Å². The van der Waals surface area contributed by atoms with Crippen LogP contribution in [0.5, 0.6) is 5.75 Å². The summed E-state index contributed by atoms with van der Waals surface area (Å²) in [5.74, 6) is 0.704. The molecule has 1 saturated heterocycles. The molecule has 1 unspecified atom stereocenters. The molecule has 0 bridgehead atoms. The smallest absolute Gasteiger partial charge is 0.243 e. The summed E-state index contributed by atoms with van der Waals surface area (Å²) in [4.78, 5) is 0.337. The lowest BCUT2D eigenvalue weighted by atomic mass is 10.0. The van der Waals surface area contributed by atoms with E-state index in [1.165, 1.54) is 0 Å². The van der Waals surface area contributed by atoms with Gasteiger partial charge < -0.3 is 10.1 Å². The highest BCUT2D eigenvalue weighted by molar-refractivity contribution is 7.89. The third-order valence-corrected chi connectivity index (χ3v) is 6.19. The van der Waals surface area contributed by atoms with Crippen molar-refractivity contribution in [3.8, 4) is 5.75 Å². The molecule has 0 saturated carbocycles. The Kier molecular flexibility index (Phi) is 4.89. The Hall–Kier alpha value is -1.89. The molecule has 0 spiro atoms. The maximum Gasteiger partial charge on any atom is 0.243 e. The molecule has 0 amide bonds. The van der Waals surface area contributed by atoms with Gasteiger partial charge in [0.05, 0.1) is 18.0 Å². The molecule has 2 aromatic rings. The number of aryl methyl sites for hydroxylation is 1. The Morgan fingerprint density at radius 1 is 1.17 bits per heavy atom. The van der Waals surface area contributed by atoms with Gasteiger partial charge in [-0.15, -0.1) is 0 Å². The molecular formula is C18H22N2O3S. The molecule has 1 atom stereocenters. The summed E-state index contributed by atoms with van der Waals surface area (Å²) in [6, 6.07) is 14.3. The molecule has 2 aromatic carbocycles. The standard InChI is InChI=1S/C18H22N2O3S/c1-14-6-5-7-15(12-14)24(21,22)20-11-10-19-13-17(20)16-8-3-4-9-18(16)23-2/h3-9,12,17,19H,10-11,13H2,1-2H3. The normalized spacial score (nSPS) is 19.2. The van der Waals surface area contributed by atoms with E-state index in [1.807, 2.05) is 37.3 Å². The zero-order valence-electron chi connectivity index (χ0n) is 13.9. The molecule has 1 aliphatic rings. The van der Waals surface area contributed by atoms with Crippen molar-refractivity contribution in [2.45, 2.75) is 17.9 Å². The van der Waals surface area contributed by atoms with E-state index < -0.39 is 10.0 Å². The van der Waals surface area contributed by atoms with Crippen LogP contribution in [0, 0.1) is 6.92 Å². The quantitative estimate of drug-likeness (QED) is 0.923. The summed E-state index contributed by atoms with van der Waals surface area (Å²) in [6.45, 7) is 3.52. The first-order valence-electron chi connectivity index (χ1n) is 7.96. The van der Waals surface area contributed by atoms with Crippen LogP contribution in [0.15, 0.2) is 53.4 Å². The lowest BCUT2D eigenvalue weighted by Crippen LogP contribution is -2.48. The number of methoxy groups -OCH3 is 1. The summed E-state index contributed by atoms with van der Waals surface area (Å²) in [6.07, 6.45) is 0. The Bertz CT molecular complexity index is 821. The van der Waals surface area contributed by atoms with Crippen molar-refractivity contribution in [2.75, 3.05) is 26.7 Å². The molecule has 1 heterocycles. The van der Waals surface area contributed by atoms with Crippen molar-refractivity contribution in [1.29, 1.82) is 0 Å². The van der Waals surface area contributed by atoms with Crippen LogP contribution < -0.4 is 10.1 Å². The average Bonchev–Trinajstić information content (AvgIpc) is 2.61. The lowest BCUT2D eigenvalue weighted by molar-refractivity contribution is 0.264. The zero-order chi connectivity index (χ0) is 17.2. The minimum atomic E-state index is -3.57. The van der Waals surface area contributed by atoms with Crippen molar-refractivity contribution < 1.29 is 13.2 Å². The van der Waals surface area contributed by atoms with Gasteiger partial charge in [-0.3, -0.25) is 0 Å². The van der Waals surface area contributed by atoms with Crippen LogP contribution in [-0.4, -0.2) is 39.5 Å². The molecule has 24 heavy (non-hydrogen) atoms. The second-order valence-corrected chi connectivity index (χ2v) is 7.78. The third kappa shape index (κ3) is 3.17. The minimum Gasteiger partial charge on any atom is -0.496 e. The predicted octanol–water partition coefficient (Wildman–Crippen LogP) is 2.34. The van der Waals surface area contributed by atoms with Crippen LogP contribution >= 0.6 is 0 Å². The molecule has 128 valence electrons. The third-order valence-electron chi connectivity index (χ3n) is 4.29. The van der Waals surface area contributed by atoms with Gasteiger partial charge in [0.2, 0.25) is 10.0 Å². The molecule has 1 fully saturated rings. The fraction of sp³-hybridized carbons (Fsp3) is 0.333. The minimum absolute atomic E-state index is 0.291. The molecule has 5 nitrogen and oxygen atoms in total. The van der Waals surface area contributed by atoms with Gasteiger partial charge >= 0.3 is 0 Å². The molecule has 0 aliphatic carbocycles. The van der Waals surface area contributed by atoms with Gasteiger partial charge in [0.25, 0.3) is 0 Å². The molecule has 1 N–H and O–H groups in total. The van der Waals surface area contributed by atoms with Crippen LogP contribution in [0.25, 0.3) is 0 Å². The van der Waals surface area contributed by atoms with Gasteiger partial charge in [-0.25, -0.2) is 8.42 Å². The molecule has 0 aromatic heterocycles. The Morgan fingerprint density at radius 3 is 2.71 bits per heavy atom. The van der Waals surface area contributed by atoms with Crippen molar-refractivity contribution in [3.05, 3.63) is 59.7 Å². The van der Waals surface area contributed by atoms with E-state index in [4.69, 9.17) is 4.74 Å². The van der Waals surface area contributed by atoms with Gasteiger partial charge in [0.1, 0.15) is 5.75 Å². The Balaban J connectivity index is 2.04. The SMILES string of the molecule is COc1ccccc1C1CNCCN1S(=O)(=O)c1cccc(C)c1. The van der Waals surface area contributed by atoms with Gasteiger partial charge in [-0.2, -0.15) is 4.31 Å². The second-order valence-electron chi connectivity index (χ2n) is 5.89. The largest absolute Gasteiger partial charge is 0.496 e. The number of rotatable bonds is 4. The summed E-state index contributed by atoms with van der Waals surface area (Å²) in [7, 11) is -1.96. The van der Waals surface area contributed by atoms with Crippen LogP contribution in [0.3, 0.4) is 0 Å². The Labute approximate surface area is 143 Å². The highest BCUT2D eigenvalue weighted by Crippen LogP contribution is 2.33. The van der Waals surface area contributed by atoms with E-state index >= 15 is 0 Å². The van der Waals surface area contributed by atoms with Crippen molar-refractivity contribution in [3.63, 3.8) is 0 Å². The molecular weight excluding hydrogens is 324 g/mol. The monoisotopic (exact) mass is 346 g/mol. The van der Waals surface area contributed by atoms with E-state index in [2.05, 4.69) is 5.32 Å². The predicted molar refractivity (Wildman–Crippen MR) is 93.7 cm³/mol. The number of para-hydroxylation sites is 1. The van der Waals surface area contributed by atoms with Crippen molar-refractivity contribution in [2.24, 2.45) is 0 Å². The number of benzene rings is 2. The zero-order valence-corrected chi connectivity index (χ0v) is 14.7. The van der Waals surface area contributed by atoms with E-state index in [0.29, 0.717) is 30.3 Å². The van der Waals surface area contributed by atoms with Gasteiger partial charge in [-0.1, -0.05) is 30.3 Å².